The molecule has 1 fully saturated rings. The zero-order valence-electron chi connectivity index (χ0n) is 11.4. The van der Waals surface area contributed by atoms with Gasteiger partial charge in [0.05, 0.1) is 0 Å². The molecule has 20 heavy (non-hydrogen) atoms. The SMILES string of the molecule is CC1C(O)N=C(c2cccc3ccccc23)SC12CC2. The maximum absolute atomic E-state index is 10.3. The van der Waals surface area contributed by atoms with Gasteiger partial charge in [0.15, 0.2) is 0 Å². The molecular weight excluding hydrogens is 266 g/mol. The van der Waals surface area contributed by atoms with Crippen molar-refractivity contribution >= 4 is 27.6 Å². The van der Waals surface area contributed by atoms with Gasteiger partial charge < -0.3 is 5.11 Å². The number of aliphatic hydroxyl groups excluding tert-OH is 1. The molecule has 0 saturated heterocycles. The van der Waals surface area contributed by atoms with Crippen molar-refractivity contribution in [3.8, 4) is 0 Å². The molecule has 3 heteroatoms. The lowest BCUT2D eigenvalue weighted by Gasteiger charge is -2.31. The van der Waals surface area contributed by atoms with Gasteiger partial charge in [-0.3, -0.25) is 0 Å². The van der Waals surface area contributed by atoms with E-state index in [1.54, 1.807) is 0 Å². The van der Waals surface area contributed by atoms with Gasteiger partial charge in [-0.15, -0.1) is 0 Å². The minimum atomic E-state index is -0.562. The molecule has 102 valence electrons. The molecule has 0 radical (unpaired) electrons. The number of aliphatic hydroxyl groups is 1. The summed E-state index contributed by atoms with van der Waals surface area (Å²) in [5, 5.41) is 13.7. The van der Waals surface area contributed by atoms with Crippen LogP contribution in [0.15, 0.2) is 47.5 Å². The smallest absolute Gasteiger partial charge is 0.150 e. The van der Waals surface area contributed by atoms with E-state index >= 15 is 0 Å². The van der Waals surface area contributed by atoms with Crippen molar-refractivity contribution in [2.24, 2.45) is 10.9 Å². The van der Waals surface area contributed by atoms with Crippen LogP contribution in [0.2, 0.25) is 0 Å². The number of thioether (sulfide) groups is 1. The van der Waals surface area contributed by atoms with Crippen LogP contribution in [0.5, 0.6) is 0 Å². The van der Waals surface area contributed by atoms with E-state index in [0.717, 1.165) is 10.6 Å². The van der Waals surface area contributed by atoms with E-state index in [1.807, 2.05) is 11.8 Å². The predicted molar refractivity (Wildman–Crippen MR) is 85.2 cm³/mol. The summed E-state index contributed by atoms with van der Waals surface area (Å²) in [6, 6.07) is 14.7. The van der Waals surface area contributed by atoms with E-state index in [4.69, 9.17) is 0 Å². The minimum Gasteiger partial charge on any atom is -0.371 e. The van der Waals surface area contributed by atoms with Crippen LogP contribution in [-0.2, 0) is 0 Å². The molecule has 2 aromatic carbocycles. The van der Waals surface area contributed by atoms with Gasteiger partial charge in [-0.05, 0) is 23.6 Å². The van der Waals surface area contributed by atoms with E-state index in [0.29, 0.717) is 0 Å². The highest BCUT2D eigenvalue weighted by Crippen LogP contribution is 2.58. The zero-order valence-corrected chi connectivity index (χ0v) is 12.2. The van der Waals surface area contributed by atoms with Crippen molar-refractivity contribution in [3.63, 3.8) is 0 Å². The molecule has 2 atom stereocenters. The van der Waals surface area contributed by atoms with E-state index in [2.05, 4.69) is 54.4 Å². The number of nitrogens with zero attached hydrogens (tertiary/aromatic N) is 1. The average molecular weight is 283 g/mol. The fourth-order valence-electron chi connectivity index (χ4n) is 3.03. The molecule has 0 aromatic heterocycles. The highest BCUT2D eigenvalue weighted by Gasteiger charge is 2.53. The maximum atomic E-state index is 10.3. The van der Waals surface area contributed by atoms with Gasteiger partial charge in [-0.25, -0.2) is 4.99 Å². The molecule has 1 aliphatic heterocycles. The second-order valence-corrected chi connectivity index (χ2v) is 7.23. The Labute approximate surface area is 122 Å². The summed E-state index contributed by atoms with van der Waals surface area (Å²) in [7, 11) is 0. The minimum absolute atomic E-state index is 0.230. The monoisotopic (exact) mass is 283 g/mol. The Hall–Kier alpha value is -1.32. The lowest BCUT2D eigenvalue weighted by atomic mass is 10.0. The Morgan fingerprint density at radius 3 is 2.70 bits per heavy atom. The standard InChI is InChI=1S/C17H17NOS/c1-11-15(19)18-16(20-17(11)9-10-17)14-8-4-6-12-5-2-3-7-13(12)14/h2-8,11,15,19H,9-10H2,1H3. The van der Waals surface area contributed by atoms with Crippen LogP contribution in [0.3, 0.4) is 0 Å². The van der Waals surface area contributed by atoms with Crippen LogP contribution in [0, 0.1) is 5.92 Å². The first-order valence-corrected chi connectivity index (χ1v) is 7.94. The van der Waals surface area contributed by atoms with Crippen LogP contribution in [0.4, 0.5) is 0 Å². The summed E-state index contributed by atoms with van der Waals surface area (Å²) in [6.45, 7) is 2.12. The van der Waals surface area contributed by atoms with Crippen molar-refractivity contribution in [2.75, 3.05) is 0 Å². The fraction of sp³-hybridized carbons (Fsp3) is 0.353. The molecule has 0 bridgehead atoms. The van der Waals surface area contributed by atoms with Crippen LogP contribution in [0.1, 0.15) is 25.3 Å². The van der Waals surface area contributed by atoms with E-state index < -0.39 is 6.23 Å². The lowest BCUT2D eigenvalue weighted by molar-refractivity contribution is 0.119. The first-order chi connectivity index (χ1) is 9.70. The molecular formula is C17H17NOS. The largest absolute Gasteiger partial charge is 0.371 e. The van der Waals surface area contributed by atoms with Crippen LogP contribution < -0.4 is 0 Å². The Balaban J connectivity index is 1.85. The molecule has 0 amide bonds. The highest BCUT2D eigenvalue weighted by molar-refractivity contribution is 8.15. The number of hydrogen-bond acceptors (Lipinski definition) is 3. The van der Waals surface area contributed by atoms with E-state index in [-0.39, 0.29) is 10.7 Å². The van der Waals surface area contributed by atoms with Gasteiger partial charge in [0, 0.05) is 16.2 Å². The molecule has 4 rings (SSSR count). The lowest BCUT2D eigenvalue weighted by Crippen LogP contribution is -2.33. The van der Waals surface area contributed by atoms with Gasteiger partial charge in [0.25, 0.3) is 0 Å². The molecule has 1 aliphatic carbocycles. The number of fused-ring (bicyclic) bond motifs is 1. The molecule has 1 heterocycles. The quantitative estimate of drug-likeness (QED) is 0.863. The van der Waals surface area contributed by atoms with Gasteiger partial charge >= 0.3 is 0 Å². The normalized spacial score (nSPS) is 27.6. The molecule has 1 saturated carbocycles. The van der Waals surface area contributed by atoms with Crippen molar-refractivity contribution in [1.29, 1.82) is 0 Å². The van der Waals surface area contributed by atoms with E-state index in [1.165, 1.54) is 23.6 Å². The van der Waals surface area contributed by atoms with Crippen LogP contribution >= 0.6 is 11.8 Å². The summed E-state index contributed by atoms with van der Waals surface area (Å²) in [6.07, 6.45) is 1.83. The highest BCUT2D eigenvalue weighted by atomic mass is 32.2. The average Bonchev–Trinajstić information content (AvgIpc) is 3.24. The van der Waals surface area contributed by atoms with E-state index in [9.17, 15) is 5.11 Å². The summed E-state index contributed by atoms with van der Waals surface area (Å²) in [5.74, 6) is 0.256. The maximum Gasteiger partial charge on any atom is 0.150 e. The molecule has 2 nitrogen and oxygen atoms in total. The van der Waals surface area contributed by atoms with Crippen molar-refractivity contribution < 1.29 is 5.11 Å². The van der Waals surface area contributed by atoms with Crippen molar-refractivity contribution in [2.45, 2.75) is 30.7 Å². The second-order valence-electron chi connectivity index (χ2n) is 5.83. The molecule has 2 aromatic rings. The Morgan fingerprint density at radius 2 is 1.90 bits per heavy atom. The van der Waals surface area contributed by atoms with Gasteiger partial charge in [0.1, 0.15) is 11.3 Å². The van der Waals surface area contributed by atoms with Crippen molar-refractivity contribution in [1.82, 2.24) is 0 Å². The van der Waals surface area contributed by atoms with Gasteiger partial charge in [-0.2, -0.15) is 0 Å². The molecule has 1 spiro atoms. The third kappa shape index (κ3) is 1.80. The van der Waals surface area contributed by atoms with Crippen LogP contribution in [0.25, 0.3) is 10.8 Å². The third-order valence-electron chi connectivity index (χ3n) is 4.59. The molecule has 1 N–H and O–H groups in total. The number of hydrogen-bond donors (Lipinski definition) is 1. The number of benzene rings is 2. The van der Waals surface area contributed by atoms with Crippen LogP contribution in [-0.4, -0.2) is 21.1 Å². The van der Waals surface area contributed by atoms with Crippen molar-refractivity contribution in [3.05, 3.63) is 48.0 Å². The third-order valence-corrected chi connectivity index (χ3v) is 6.29. The Kier molecular flexibility index (Phi) is 2.69. The summed E-state index contributed by atoms with van der Waals surface area (Å²) in [4.78, 5) is 4.55. The Bertz CT molecular complexity index is 700. The first kappa shape index (κ1) is 12.4. The van der Waals surface area contributed by atoms with Gasteiger partial charge in [-0.1, -0.05) is 61.2 Å². The molecule has 2 aliphatic rings. The fourth-order valence-corrected chi connectivity index (χ4v) is 4.48. The zero-order chi connectivity index (χ0) is 13.7. The summed E-state index contributed by atoms with van der Waals surface area (Å²) < 4.78 is 0.230. The molecule has 2 unspecified atom stereocenters. The number of aliphatic imine (C=N–C) groups is 1. The summed E-state index contributed by atoms with van der Waals surface area (Å²) >= 11 is 1.87. The second kappa shape index (κ2) is 4.34. The predicted octanol–water partition coefficient (Wildman–Crippen LogP) is 3.82. The Morgan fingerprint density at radius 1 is 1.15 bits per heavy atom. The topological polar surface area (TPSA) is 32.6 Å². The number of rotatable bonds is 1. The van der Waals surface area contributed by atoms with Gasteiger partial charge in [0.2, 0.25) is 0 Å². The first-order valence-electron chi connectivity index (χ1n) is 7.13. The summed E-state index contributed by atoms with van der Waals surface area (Å²) in [5.41, 5.74) is 1.16.